The van der Waals surface area contributed by atoms with Gasteiger partial charge < -0.3 is 15.2 Å². The lowest BCUT2D eigenvalue weighted by Gasteiger charge is -2.15. The molecule has 0 radical (unpaired) electrons. The monoisotopic (exact) mass is 238 g/mol. The largest absolute Gasteiger partial charge is 0.395 e. The molecule has 4 nitrogen and oxygen atoms in total. The van der Waals surface area contributed by atoms with E-state index in [9.17, 15) is 4.39 Å². The van der Waals surface area contributed by atoms with Crippen molar-refractivity contribution in [3.8, 4) is 6.07 Å². The summed E-state index contributed by atoms with van der Waals surface area (Å²) in [7, 11) is 1.55. The molecule has 0 saturated carbocycles. The van der Waals surface area contributed by atoms with Gasteiger partial charge in [-0.3, -0.25) is 0 Å². The number of methoxy groups -OCH3 is 1. The van der Waals surface area contributed by atoms with Gasteiger partial charge in [-0.2, -0.15) is 5.26 Å². The summed E-state index contributed by atoms with van der Waals surface area (Å²) in [5, 5.41) is 20.8. The SMILES string of the molecule is COCC(CO)NCc1ccc(F)c(C#N)c1. The highest BCUT2D eigenvalue weighted by molar-refractivity contribution is 5.34. The number of hydrogen-bond acceptors (Lipinski definition) is 4. The minimum Gasteiger partial charge on any atom is -0.395 e. The maximum absolute atomic E-state index is 13.1. The Balaban J connectivity index is 2.60. The molecule has 0 amide bonds. The van der Waals surface area contributed by atoms with Crippen LogP contribution in [0.15, 0.2) is 18.2 Å². The Morgan fingerprint density at radius 2 is 2.35 bits per heavy atom. The number of ether oxygens (including phenoxy) is 1. The number of hydrogen-bond donors (Lipinski definition) is 2. The van der Waals surface area contributed by atoms with Crippen LogP contribution in [-0.2, 0) is 11.3 Å². The molecular formula is C12H15FN2O2. The van der Waals surface area contributed by atoms with E-state index in [1.54, 1.807) is 19.2 Å². The van der Waals surface area contributed by atoms with E-state index in [1.807, 2.05) is 0 Å². The number of benzene rings is 1. The molecule has 1 atom stereocenters. The van der Waals surface area contributed by atoms with E-state index in [0.717, 1.165) is 5.56 Å². The highest BCUT2D eigenvalue weighted by atomic mass is 19.1. The van der Waals surface area contributed by atoms with Gasteiger partial charge in [0.15, 0.2) is 0 Å². The van der Waals surface area contributed by atoms with Gasteiger partial charge in [0.25, 0.3) is 0 Å². The summed E-state index contributed by atoms with van der Waals surface area (Å²) in [6.45, 7) is 0.798. The van der Waals surface area contributed by atoms with Crippen molar-refractivity contribution in [1.29, 1.82) is 5.26 Å². The van der Waals surface area contributed by atoms with Crippen LogP contribution in [-0.4, -0.2) is 31.5 Å². The van der Waals surface area contributed by atoms with Crippen LogP contribution < -0.4 is 5.32 Å². The van der Waals surface area contributed by atoms with Gasteiger partial charge in [-0.25, -0.2) is 4.39 Å². The topological polar surface area (TPSA) is 65.3 Å². The third-order valence-electron chi connectivity index (χ3n) is 2.33. The molecule has 1 unspecified atom stereocenters. The van der Waals surface area contributed by atoms with E-state index >= 15 is 0 Å². The van der Waals surface area contributed by atoms with Crippen molar-refractivity contribution in [2.24, 2.45) is 0 Å². The van der Waals surface area contributed by atoms with Crippen molar-refractivity contribution >= 4 is 0 Å². The minimum atomic E-state index is -0.521. The number of aliphatic hydroxyl groups is 1. The van der Waals surface area contributed by atoms with E-state index in [-0.39, 0.29) is 18.2 Å². The zero-order valence-electron chi connectivity index (χ0n) is 9.61. The van der Waals surface area contributed by atoms with E-state index < -0.39 is 5.82 Å². The molecule has 0 aliphatic heterocycles. The second-order valence-electron chi connectivity index (χ2n) is 3.64. The van der Waals surface area contributed by atoms with Crippen LogP contribution >= 0.6 is 0 Å². The van der Waals surface area contributed by atoms with Crippen LogP contribution in [0.2, 0.25) is 0 Å². The molecule has 0 saturated heterocycles. The lowest BCUT2D eigenvalue weighted by Crippen LogP contribution is -2.35. The Bertz CT molecular complexity index is 404. The fraction of sp³-hybridized carbons (Fsp3) is 0.417. The van der Waals surface area contributed by atoms with Gasteiger partial charge in [-0.1, -0.05) is 6.07 Å². The molecule has 0 aliphatic rings. The molecule has 17 heavy (non-hydrogen) atoms. The average Bonchev–Trinajstić information content (AvgIpc) is 2.36. The third-order valence-corrected chi connectivity index (χ3v) is 2.33. The molecule has 92 valence electrons. The fourth-order valence-electron chi connectivity index (χ4n) is 1.41. The van der Waals surface area contributed by atoms with Crippen molar-refractivity contribution in [3.05, 3.63) is 35.1 Å². The zero-order valence-corrected chi connectivity index (χ0v) is 9.61. The first-order valence-corrected chi connectivity index (χ1v) is 5.23. The maximum Gasteiger partial charge on any atom is 0.140 e. The molecule has 0 fully saturated rings. The number of halogens is 1. The van der Waals surface area contributed by atoms with Gasteiger partial charge in [-0.05, 0) is 17.7 Å². The molecule has 0 spiro atoms. The van der Waals surface area contributed by atoms with E-state index in [4.69, 9.17) is 15.1 Å². The summed E-state index contributed by atoms with van der Waals surface area (Å²) in [5.74, 6) is -0.521. The van der Waals surface area contributed by atoms with Crippen LogP contribution in [0.1, 0.15) is 11.1 Å². The zero-order chi connectivity index (χ0) is 12.7. The van der Waals surface area contributed by atoms with Gasteiger partial charge in [0.1, 0.15) is 11.9 Å². The molecular weight excluding hydrogens is 223 g/mol. The molecule has 0 aromatic heterocycles. The summed E-state index contributed by atoms with van der Waals surface area (Å²) in [5.41, 5.74) is 0.814. The number of rotatable bonds is 6. The number of nitrogens with one attached hydrogen (secondary N) is 1. The van der Waals surface area contributed by atoms with E-state index in [0.29, 0.717) is 13.2 Å². The molecule has 1 aromatic carbocycles. The summed E-state index contributed by atoms with van der Waals surface area (Å²) in [6.07, 6.45) is 0. The lowest BCUT2D eigenvalue weighted by atomic mass is 10.1. The molecule has 0 aliphatic carbocycles. The normalized spacial score (nSPS) is 12.1. The van der Waals surface area contributed by atoms with Gasteiger partial charge >= 0.3 is 0 Å². The minimum absolute atomic E-state index is 0.0246. The standard InChI is InChI=1S/C12H15FN2O2/c1-17-8-11(7-16)15-6-9-2-3-12(13)10(4-9)5-14/h2-4,11,15-16H,6-8H2,1H3. The Hall–Kier alpha value is -1.48. The molecule has 0 heterocycles. The average molecular weight is 238 g/mol. The van der Waals surface area contributed by atoms with E-state index in [2.05, 4.69) is 5.32 Å². The summed E-state index contributed by atoms with van der Waals surface area (Å²) >= 11 is 0. The molecule has 1 aromatic rings. The number of aliphatic hydroxyl groups excluding tert-OH is 1. The first-order valence-electron chi connectivity index (χ1n) is 5.23. The van der Waals surface area contributed by atoms with E-state index in [1.165, 1.54) is 12.1 Å². The number of nitriles is 1. The van der Waals surface area contributed by atoms with Crippen LogP contribution in [0.25, 0.3) is 0 Å². The second-order valence-corrected chi connectivity index (χ2v) is 3.64. The van der Waals surface area contributed by atoms with Crippen LogP contribution in [0.4, 0.5) is 4.39 Å². The molecule has 0 bridgehead atoms. The molecule has 5 heteroatoms. The summed E-state index contributed by atoms with van der Waals surface area (Å²) in [6, 6.07) is 5.97. The Morgan fingerprint density at radius 1 is 1.59 bits per heavy atom. The smallest absolute Gasteiger partial charge is 0.140 e. The number of nitrogens with zero attached hydrogens (tertiary/aromatic N) is 1. The van der Waals surface area contributed by atoms with Crippen molar-refractivity contribution in [2.45, 2.75) is 12.6 Å². The first kappa shape index (κ1) is 13.6. The molecule has 2 N–H and O–H groups in total. The Morgan fingerprint density at radius 3 is 2.94 bits per heavy atom. The van der Waals surface area contributed by atoms with Crippen LogP contribution in [0.3, 0.4) is 0 Å². The predicted octanol–water partition coefficient (Wildman–Crippen LogP) is 0.794. The fourth-order valence-corrected chi connectivity index (χ4v) is 1.41. The highest BCUT2D eigenvalue weighted by Gasteiger charge is 2.07. The highest BCUT2D eigenvalue weighted by Crippen LogP contribution is 2.09. The lowest BCUT2D eigenvalue weighted by molar-refractivity contribution is 0.128. The molecule has 1 rings (SSSR count). The van der Waals surface area contributed by atoms with Crippen molar-refractivity contribution in [3.63, 3.8) is 0 Å². The summed E-state index contributed by atoms with van der Waals surface area (Å²) < 4.78 is 18.0. The van der Waals surface area contributed by atoms with Crippen LogP contribution in [0, 0.1) is 17.1 Å². The van der Waals surface area contributed by atoms with Gasteiger partial charge in [0.05, 0.1) is 24.8 Å². The Labute approximate surface area is 99.6 Å². The first-order chi connectivity index (χ1) is 8.21. The third kappa shape index (κ3) is 4.11. The quantitative estimate of drug-likeness (QED) is 0.769. The maximum atomic E-state index is 13.1. The second kappa shape index (κ2) is 6.97. The van der Waals surface area contributed by atoms with Crippen LogP contribution in [0.5, 0.6) is 0 Å². The van der Waals surface area contributed by atoms with Crippen molar-refractivity contribution in [2.75, 3.05) is 20.3 Å². The van der Waals surface area contributed by atoms with Gasteiger partial charge in [-0.15, -0.1) is 0 Å². The van der Waals surface area contributed by atoms with Crippen molar-refractivity contribution < 1.29 is 14.2 Å². The predicted molar refractivity (Wildman–Crippen MR) is 60.7 cm³/mol. The van der Waals surface area contributed by atoms with Crippen molar-refractivity contribution in [1.82, 2.24) is 5.32 Å². The van der Waals surface area contributed by atoms with Gasteiger partial charge in [0, 0.05) is 13.7 Å². The summed E-state index contributed by atoms with van der Waals surface area (Å²) in [4.78, 5) is 0. The van der Waals surface area contributed by atoms with Gasteiger partial charge in [0.2, 0.25) is 0 Å². The Kier molecular flexibility index (Phi) is 5.57.